The van der Waals surface area contributed by atoms with Gasteiger partial charge in [0.05, 0.1) is 10.6 Å². The van der Waals surface area contributed by atoms with Crippen LogP contribution in [-0.4, -0.2) is 24.3 Å². The van der Waals surface area contributed by atoms with E-state index in [2.05, 4.69) is 21.2 Å². The number of Topliss-reactive ketones (excluding diaryl/α,β-unsaturated/α-hetero) is 1. The quantitative estimate of drug-likeness (QED) is 0.504. The van der Waals surface area contributed by atoms with Gasteiger partial charge in [0.25, 0.3) is 0 Å². The second-order valence-corrected chi connectivity index (χ2v) is 8.23. The predicted molar refractivity (Wildman–Crippen MR) is 108 cm³/mol. The Labute approximate surface area is 171 Å². The molecule has 1 amide bonds. The molecule has 0 aliphatic heterocycles. The number of rotatable bonds is 5. The number of hydrogen-bond donors (Lipinski definition) is 1. The third-order valence-electron chi connectivity index (χ3n) is 3.63. The summed E-state index contributed by atoms with van der Waals surface area (Å²) < 4.78 is 5.73. The smallest absolute Gasteiger partial charge is 0.340 e. The van der Waals surface area contributed by atoms with Gasteiger partial charge in [-0.25, -0.2) is 4.79 Å². The number of ketones is 1. The van der Waals surface area contributed by atoms with Gasteiger partial charge in [-0.2, -0.15) is 0 Å². The molecule has 2 aromatic carbocycles. The number of carbonyl (C=O) groups excluding carboxylic acids is 3. The van der Waals surface area contributed by atoms with Crippen molar-refractivity contribution in [2.75, 3.05) is 11.9 Å². The van der Waals surface area contributed by atoms with Crippen molar-refractivity contribution in [2.24, 2.45) is 5.41 Å². The zero-order chi connectivity index (χ0) is 20.2. The highest BCUT2D eigenvalue weighted by molar-refractivity contribution is 9.10. The number of amides is 1. The van der Waals surface area contributed by atoms with Crippen LogP contribution < -0.4 is 5.32 Å². The first-order valence-electron chi connectivity index (χ1n) is 8.15. The number of esters is 1. The third kappa shape index (κ3) is 5.91. The summed E-state index contributed by atoms with van der Waals surface area (Å²) in [4.78, 5) is 36.3. The van der Waals surface area contributed by atoms with Gasteiger partial charge in [0.1, 0.15) is 0 Å². The molecule has 0 unspecified atom stereocenters. The fourth-order valence-corrected chi connectivity index (χ4v) is 2.56. The van der Waals surface area contributed by atoms with Crippen LogP contribution in [0.3, 0.4) is 0 Å². The molecule has 0 atom stereocenters. The maximum atomic E-state index is 12.2. The highest BCUT2D eigenvalue weighted by Crippen LogP contribution is 2.22. The van der Waals surface area contributed by atoms with Crippen molar-refractivity contribution in [1.29, 1.82) is 0 Å². The van der Waals surface area contributed by atoms with Crippen molar-refractivity contribution in [1.82, 2.24) is 0 Å². The summed E-state index contributed by atoms with van der Waals surface area (Å²) in [6.07, 6.45) is 0. The molecule has 0 fully saturated rings. The summed E-state index contributed by atoms with van der Waals surface area (Å²) in [6, 6.07) is 11.2. The van der Waals surface area contributed by atoms with Gasteiger partial charge in [0.15, 0.2) is 12.4 Å². The van der Waals surface area contributed by atoms with Crippen LogP contribution in [0.2, 0.25) is 5.02 Å². The SMILES string of the molecule is CC(C)(C)C(=O)Nc1ccc(C(=O)COC(=O)c2cc(Br)ccc2Cl)cc1. The van der Waals surface area contributed by atoms with Crippen LogP contribution in [0, 0.1) is 5.41 Å². The summed E-state index contributed by atoms with van der Waals surface area (Å²) in [6.45, 7) is 5.03. The van der Waals surface area contributed by atoms with Crippen molar-refractivity contribution >= 4 is 50.9 Å². The Morgan fingerprint density at radius 2 is 1.70 bits per heavy atom. The molecule has 7 heteroatoms. The summed E-state index contributed by atoms with van der Waals surface area (Å²) in [7, 11) is 0. The van der Waals surface area contributed by atoms with Gasteiger partial charge >= 0.3 is 5.97 Å². The first kappa shape index (κ1) is 21.1. The molecule has 0 spiro atoms. The number of benzene rings is 2. The molecule has 0 heterocycles. The fraction of sp³-hybridized carbons (Fsp3) is 0.250. The van der Waals surface area contributed by atoms with Gasteiger partial charge < -0.3 is 10.1 Å². The minimum absolute atomic E-state index is 0.124. The van der Waals surface area contributed by atoms with E-state index in [1.165, 1.54) is 6.07 Å². The topological polar surface area (TPSA) is 72.5 Å². The van der Waals surface area contributed by atoms with Gasteiger partial charge in [0, 0.05) is 21.1 Å². The molecule has 5 nitrogen and oxygen atoms in total. The molecule has 27 heavy (non-hydrogen) atoms. The van der Waals surface area contributed by atoms with Crippen LogP contribution in [0.4, 0.5) is 5.69 Å². The number of nitrogens with one attached hydrogen (secondary N) is 1. The van der Waals surface area contributed by atoms with Crippen LogP contribution in [0.5, 0.6) is 0 Å². The molecule has 142 valence electrons. The lowest BCUT2D eigenvalue weighted by atomic mass is 9.95. The maximum Gasteiger partial charge on any atom is 0.340 e. The van der Waals surface area contributed by atoms with E-state index < -0.39 is 18.0 Å². The summed E-state index contributed by atoms with van der Waals surface area (Å²) >= 11 is 9.23. The van der Waals surface area contributed by atoms with E-state index in [0.717, 1.165) is 0 Å². The highest BCUT2D eigenvalue weighted by atomic mass is 79.9. The van der Waals surface area contributed by atoms with E-state index in [9.17, 15) is 14.4 Å². The molecule has 0 radical (unpaired) electrons. The third-order valence-corrected chi connectivity index (χ3v) is 4.45. The minimum Gasteiger partial charge on any atom is -0.454 e. The molecule has 0 saturated heterocycles. The summed E-state index contributed by atoms with van der Waals surface area (Å²) in [5, 5.41) is 3.02. The Kier molecular flexibility index (Phi) is 6.78. The van der Waals surface area contributed by atoms with Gasteiger partial charge in [-0.3, -0.25) is 9.59 Å². The van der Waals surface area contributed by atoms with E-state index in [-0.39, 0.29) is 22.3 Å². The number of hydrogen-bond acceptors (Lipinski definition) is 4. The number of carbonyl (C=O) groups is 3. The molecule has 0 aliphatic carbocycles. The van der Waals surface area contributed by atoms with Crippen LogP contribution in [0.15, 0.2) is 46.9 Å². The molecule has 0 saturated carbocycles. The molecule has 2 aromatic rings. The minimum atomic E-state index is -0.677. The maximum absolute atomic E-state index is 12.2. The lowest BCUT2D eigenvalue weighted by molar-refractivity contribution is -0.123. The molecule has 0 aromatic heterocycles. The molecule has 0 bridgehead atoms. The largest absolute Gasteiger partial charge is 0.454 e. The average molecular weight is 453 g/mol. The van der Waals surface area contributed by atoms with Crippen LogP contribution in [0.1, 0.15) is 41.5 Å². The van der Waals surface area contributed by atoms with E-state index in [1.54, 1.807) is 36.4 Å². The number of halogens is 2. The average Bonchev–Trinajstić information content (AvgIpc) is 2.61. The first-order valence-corrected chi connectivity index (χ1v) is 9.32. The first-order chi connectivity index (χ1) is 12.6. The molecular formula is C20H19BrClNO4. The van der Waals surface area contributed by atoms with Crippen molar-refractivity contribution in [3.05, 3.63) is 63.1 Å². The fourth-order valence-electron chi connectivity index (χ4n) is 2.00. The number of ether oxygens (including phenoxy) is 1. The van der Waals surface area contributed by atoms with E-state index in [0.29, 0.717) is 15.7 Å². The van der Waals surface area contributed by atoms with E-state index in [4.69, 9.17) is 16.3 Å². The van der Waals surface area contributed by atoms with E-state index >= 15 is 0 Å². The van der Waals surface area contributed by atoms with Crippen molar-refractivity contribution in [3.8, 4) is 0 Å². The monoisotopic (exact) mass is 451 g/mol. The van der Waals surface area contributed by atoms with Crippen LogP contribution >= 0.6 is 27.5 Å². The molecule has 1 N–H and O–H groups in total. The Hall–Kier alpha value is -2.18. The standard InChI is InChI=1S/C20H19BrClNO4/c1-20(2,3)19(26)23-14-7-4-12(5-8-14)17(24)11-27-18(25)15-10-13(21)6-9-16(15)22/h4-10H,11H2,1-3H3,(H,23,26). The van der Waals surface area contributed by atoms with Crippen molar-refractivity contribution in [3.63, 3.8) is 0 Å². The second kappa shape index (κ2) is 8.67. The Morgan fingerprint density at radius 1 is 1.07 bits per heavy atom. The Morgan fingerprint density at radius 3 is 2.30 bits per heavy atom. The lowest BCUT2D eigenvalue weighted by Crippen LogP contribution is -2.27. The van der Waals surface area contributed by atoms with Gasteiger partial charge in [-0.1, -0.05) is 48.3 Å². The second-order valence-electron chi connectivity index (χ2n) is 6.90. The van der Waals surface area contributed by atoms with Gasteiger partial charge in [0.2, 0.25) is 5.91 Å². The van der Waals surface area contributed by atoms with E-state index in [1.807, 2.05) is 20.8 Å². The lowest BCUT2D eigenvalue weighted by Gasteiger charge is -2.17. The zero-order valence-corrected chi connectivity index (χ0v) is 17.5. The van der Waals surface area contributed by atoms with Crippen molar-refractivity contribution < 1.29 is 19.1 Å². The van der Waals surface area contributed by atoms with Crippen LogP contribution in [-0.2, 0) is 9.53 Å². The Bertz CT molecular complexity index is 873. The van der Waals surface area contributed by atoms with Crippen LogP contribution in [0.25, 0.3) is 0 Å². The Balaban J connectivity index is 1.97. The summed E-state index contributed by atoms with van der Waals surface area (Å²) in [5.74, 6) is -1.16. The van der Waals surface area contributed by atoms with Gasteiger partial charge in [-0.15, -0.1) is 0 Å². The molecule has 0 aliphatic rings. The normalized spacial score (nSPS) is 11.0. The summed E-state index contributed by atoms with van der Waals surface area (Å²) in [5.41, 5.74) is 0.622. The zero-order valence-electron chi connectivity index (χ0n) is 15.1. The molecular weight excluding hydrogens is 434 g/mol. The predicted octanol–water partition coefficient (Wildman–Crippen LogP) is 5.13. The highest BCUT2D eigenvalue weighted by Gasteiger charge is 2.21. The number of anilines is 1. The molecule has 2 rings (SSSR count). The van der Waals surface area contributed by atoms with Gasteiger partial charge in [-0.05, 0) is 42.5 Å². The van der Waals surface area contributed by atoms with Crippen molar-refractivity contribution in [2.45, 2.75) is 20.8 Å².